The van der Waals surface area contributed by atoms with Crippen molar-refractivity contribution >= 4 is 67.2 Å². The molecule has 0 saturated heterocycles. The minimum atomic E-state index is -4.42. The van der Waals surface area contributed by atoms with Crippen molar-refractivity contribution in [2.75, 3.05) is 14.2 Å². The lowest BCUT2D eigenvalue weighted by Crippen LogP contribution is -2.33. The fourth-order valence-electron chi connectivity index (χ4n) is 4.76. The number of oxime groups is 1. The van der Waals surface area contributed by atoms with Crippen LogP contribution in [0.15, 0.2) is 97.9 Å². The van der Waals surface area contributed by atoms with Crippen LogP contribution in [-0.2, 0) is 29.9 Å². The summed E-state index contributed by atoms with van der Waals surface area (Å²) in [5, 5.41) is 13.4. The fraction of sp³-hybridized carbons (Fsp3) is 0.243. The number of carbonyl (C=O) groups is 1. The molecular formula is C37H39Cl2N5O12S2. The molecule has 0 aromatic heterocycles. The van der Waals surface area contributed by atoms with Crippen LogP contribution < -0.4 is 33.0 Å². The molecule has 0 saturated carbocycles. The van der Waals surface area contributed by atoms with Crippen LogP contribution in [0, 0.1) is 13.8 Å². The molecule has 21 heteroatoms. The second-order valence-electron chi connectivity index (χ2n) is 11.8. The number of aryl methyl sites for hydroxylation is 2. The largest absolute Gasteiger partial charge is 0.495 e. The first-order valence-electron chi connectivity index (χ1n) is 17.0. The standard InChI is InChI=1S/C37H39Cl2N5O12S2/c1-8-35(52-27-14-22(3)16-29(20-27)55-57(46,47)33-18-25(38)10-12-31(33)50-6)41-44(37(40)43-54-24(5)45)42-36(9-2)53-28-15-23(4)17-30(21-28)56-58(48,49)34-19-26(39)11-13-32(34)51-7/h10-21H,8-9H2,1-7H3,(H2,40,43)/b41-35+,42-36+. The first-order valence-corrected chi connectivity index (χ1v) is 20.5. The molecule has 4 aromatic rings. The van der Waals surface area contributed by atoms with Crippen molar-refractivity contribution in [3.63, 3.8) is 0 Å². The van der Waals surface area contributed by atoms with Crippen LogP contribution in [0.3, 0.4) is 0 Å². The molecule has 0 aliphatic heterocycles. The Morgan fingerprint density at radius 3 is 1.43 bits per heavy atom. The molecule has 0 aliphatic rings. The highest BCUT2D eigenvalue weighted by molar-refractivity contribution is 7.87. The molecule has 4 aromatic carbocycles. The molecule has 0 fully saturated rings. The van der Waals surface area contributed by atoms with E-state index in [1.54, 1.807) is 39.8 Å². The number of ether oxygens (including phenoxy) is 4. The van der Waals surface area contributed by atoms with Crippen LogP contribution >= 0.6 is 23.2 Å². The maximum atomic E-state index is 13.3. The molecule has 0 atom stereocenters. The lowest BCUT2D eigenvalue weighted by Gasteiger charge is -2.17. The van der Waals surface area contributed by atoms with E-state index < -0.39 is 32.2 Å². The number of halogens is 2. The number of hydrazone groups is 2. The van der Waals surface area contributed by atoms with Gasteiger partial charge in [0.25, 0.3) is 5.96 Å². The van der Waals surface area contributed by atoms with Gasteiger partial charge in [-0.1, -0.05) is 37.0 Å². The van der Waals surface area contributed by atoms with E-state index in [1.165, 1.54) is 74.9 Å². The van der Waals surface area contributed by atoms with Gasteiger partial charge in [0.1, 0.15) is 44.3 Å². The van der Waals surface area contributed by atoms with E-state index in [0.29, 0.717) is 11.1 Å². The zero-order valence-corrected chi connectivity index (χ0v) is 35.3. The van der Waals surface area contributed by atoms with Crippen LogP contribution in [0.1, 0.15) is 44.7 Å². The van der Waals surface area contributed by atoms with E-state index in [-0.39, 0.29) is 79.0 Å². The molecule has 17 nitrogen and oxygen atoms in total. The normalized spacial score (nSPS) is 12.4. The van der Waals surface area contributed by atoms with Crippen molar-refractivity contribution < 1.29 is 53.8 Å². The fourth-order valence-corrected chi connectivity index (χ4v) is 7.45. The van der Waals surface area contributed by atoms with Crippen molar-refractivity contribution in [3.05, 3.63) is 94.0 Å². The average molecular weight is 881 g/mol. The Morgan fingerprint density at radius 1 is 0.672 bits per heavy atom. The number of nitrogens with two attached hydrogens (primary N) is 1. The highest BCUT2D eigenvalue weighted by Gasteiger charge is 2.25. The first kappa shape index (κ1) is 44.9. The topological polar surface area (TPSA) is 216 Å². The van der Waals surface area contributed by atoms with Gasteiger partial charge < -0.3 is 37.9 Å². The Labute approximate surface area is 345 Å². The van der Waals surface area contributed by atoms with Gasteiger partial charge in [-0.15, -0.1) is 15.3 Å². The van der Waals surface area contributed by atoms with Crippen LogP contribution in [0.5, 0.6) is 34.5 Å². The third-order valence-electron chi connectivity index (χ3n) is 7.21. The smallest absolute Gasteiger partial charge is 0.342 e. The van der Waals surface area contributed by atoms with Crippen LogP contribution in [0.4, 0.5) is 0 Å². The Hall–Kier alpha value is -5.76. The molecule has 4 rings (SSSR count). The van der Waals surface area contributed by atoms with Crippen LogP contribution in [0.2, 0.25) is 10.0 Å². The zero-order valence-electron chi connectivity index (χ0n) is 32.2. The summed E-state index contributed by atoms with van der Waals surface area (Å²) in [4.78, 5) is 15.7. The van der Waals surface area contributed by atoms with Gasteiger partial charge in [-0.2, -0.15) is 16.8 Å². The van der Waals surface area contributed by atoms with E-state index in [1.807, 2.05) is 0 Å². The molecule has 0 radical (unpaired) electrons. The summed E-state index contributed by atoms with van der Waals surface area (Å²) < 4.78 is 86.3. The maximum Gasteiger partial charge on any atom is 0.342 e. The van der Waals surface area contributed by atoms with Gasteiger partial charge in [0.15, 0.2) is 0 Å². The number of benzene rings is 4. The van der Waals surface area contributed by atoms with Crippen molar-refractivity contribution in [3.8, 4) is 34.5 Å². The maximum absolute atomic E-state index is 13.3. The van der Waals surface area contributed by atoms with Gasteiger partial charge in [-0.25, -0.2) is 4.79 Å². The minimum absolute atomic E-state index is 0.0241. The Morgan fingerprint density at radius 2 is 1.07 bits per heavy atom. The third-order valence-corrected chi connectivity index (χ3v) is 10.2. The number of methoxy groups -OCH3 is 2. The lowest BCUT2D eigenvalue weighted by molar-refractivity contribution is -0.141. The second kappa shape index (κ2) is 19.6. The summed E-state index contributed by atoms with van der Waals surface area (Å²) in [5.74, 6) is -1.27. The Balaban J connectivity index is 1.66. The van der Waals surface area contributed by atoms with Crippen molar-refractivity contribution in [2.45, 2.75) is 57.3 Å². The lowest BCUT2D eigenvalue weighted by atomic mass is 10.2. The van der Waals surface area contributed by atoms with Crippen molar-refractivity contribution in [2.24, 2.45) is 21.1 Å². The van der Waals surface area contributed by atoms with Gasteiger partial charge in [0, 0.05) is 41.9 Å². The summed E-state index contributed by atoms with van der Waals surface area (Å²) in [6, 6.07) is 16.9. The van der Waals surface area contributed by atoms with Gasteiger partial charge in [-0.3, -0.25) is 0 Å². The average Bonchev–Trinajstić information content (AvgIpc) is 3.15. The van der Waals surface area contributed by atoms with Crippen LogP contribution in [-0.4, -0.2) is 59.9 Å². The quantitative estimate of drug-likeness (QED) is 0.0412. The van der Waals surface area contributed by atoms with Gasteiger partial charge in [0.05, 0.1) is 14.2 Å². The minimum Gasteiger partial charge on any atom is -0.495 e. The van der Waals surface area contributed by atoms with Gasteiger partial charge in [0.2, 0.25) is 11.8 Å². The Bertz CT molecular complexity index is 2320. The molecule has 0 bridgehead atoms. The Kier molecular flexibility index (Phi) is 15.2. The number of hydrogen-bond acceptors (Lipinski definition) is 15. The summed E-state index contributed by atoms with van der Waals surface area (Å²) in [7, 11) is -6.22. The van der Waals surface area contributed by atoms with Gasteiger partial charge >= 0.3 is 26.2 Å². The predicted octanol–water partition coefficient (Wildman–Crippen LogP) is 7.16. The summed E-state index contributed by atoms with van der Waals surface area (Å²) in [6.07, 6.45) is 0.254. The van der Waals surface area contributed by atoms with E-state index in [4.69, 9.17) is 61.1 Å². The van der Waals surface area contributed by atoms with E-state index in [2.05, 4.69) is 15.4 Å². The SMILES string of the molecule is CC/C(=N\N(/N=C(\CC)Oc1cc(C)cc(OS(=O)(=O)c2cc(Cl)ccc2OC)c1)/C(N)=N/OC(C)=O)Oc1cc(C)cc(OS(=O)(=O)c2cc(Cl)ccc2OC)c1. The highest BCUT2D eigenvalue weighted by atomic mass is 35.5. The van der Waals surface area contributed by atoms with Crippen molar-refractivity contribution in [1.82, 2.24) is 5.12 Å². The third kappa shape index (κ3) is 12.4. The molecule has 0 amide bonds. The van der Waals surface area contributed by atoms with E-state index in [0.717, 1.165) is 12.0 Å². The molecule has 58 heavy (non-hydrogen) atoms. The molecule has 310 valence electrons. The monoisotopic (exact) mass is 879 g/mol. The van der Waals surface area contributed by atoms with E-state index in [9.17, 15) is 21.6 Å². The summed E-state index contributed by atoms with van der Waals surface area (Å²) in [5.41, 5.74) is 7.25. The van der Waals surface area contributed by atoms with E-state index >= 15 is 0 Å². The first-order chi connectivity index (χ1) is 27.4. The number of guanidine groups is 1. The molecule has 0 unspecified atom stereocenters. The summed E-state index contributed by atoms with van der Waals surface area (Å²) in [6.45, 7) is 7.87. The molecule has 0 spiro atoms. The number of hydrogen-bond donors (Lipinski definition) is 1. The second-order valence-corrected chi connectivity index (χ2v) is 15.8. The van der Waals surface area contributed by atoms with Gasteiger partial charge in [-0.05, 0) is 90.8 Å². The molecule has 2 N–H and O–H groups in total. The molecule has 0 heterocycles. The molecular weight excluding hydrogens is 841 g/mol. The van der Waals surface area contributed by atoms with Crippen LogP contribution in [0.25, 0.3) is 0 Å². The number of carbonyl (C=O) groups excluding carboxylic acids is 1. The molecule has 0 aliphatic carbocycles. The predicted molar refractivity (Wildman–Crippen MR) is 216 cm³/mol. The number of rotatable bonds is 15. The summed E-state index contributed by atoms with van der Waals surface area (Å²) >= 11 is 12.1. The number of nitrogens with zero attached hydrogens (tertiary/aromatic N) is 4. The van der Waals surface area contributed by atoms with Crippen molar-refractivity contribution in [1.29, 1.82) is 0 Å². The highest BCUT2D eigenvalue weighted by Crippen LogP contribution is 2.33. The zero-order chi connectivity index (χ0) is 42.8.